The van der Waals surface area contributed by atoms with Gasteiger partial charge in [0, 0.05) is 24.2 Å². The maximum absolute atomic E-state index is 9.53. The van der Waals surface area contributed by atoms with Gasteiger partial charge in [-0.05, 0) is 60.7 Å². The topological polar surface area (TPSA) is 74.6 Å². The number of aliphatic hydroxyl groups is 2. The van der Waals surface area contributed by atoms with Crippen LogP contribution in [0, 0.1) is 0 Å². The molecule has 0 saturated carbocycles. The summed E-state index contributed by atoms with van der Waals surface area (Å²) < 4.78 is 5.97. The zero-order chi connectivity index (χ0) is 20.2. The summed E-state index contributed by atoms with van der Waals surface area (Å²) in [5.74, 6) is 1.76. The van der Waals surface area contributed by atoms with Crippen LogP contribution < -0.4 is 10.1 Å². The van der Waals surface area contributed by atoms with E-state index in [1.165, 1.54) is 11.1 Å². The summed E-state index contributed by atoms with van der Waals surface area (Å²) >= 11 is 6.20. The van der Waals surface area contributed by atoms with Gasteiger partial charge < -0.3 is 20.3 Å². The number of fused-ring (bicyclic) bond motifs is 1. The summed E-state index contributed by atoms with van der Waals surface area (Å²) in [5, 5.41) is 23.0. The summed E-state index contributed by atoms with van der Waals surface area (Å²) in [7, 11) is 0. The number of anilines is 1. The van der Waals surface area contributed by atoms with E-state index in [-0.39, 0.29) is 0 Å². The molecule has 2 aromatic carbocycles. The van der Waals surface area contributed by atoms with Crippen LogP contribution in [0.25, 0.3) is 0 Å². The van der Waals surface area contributed by atoms with Gasteiger partial charge >= 0.3 is 0 Å². The quantitative estimate of drug-likeness (QED) is 0.496. The van der Waals surface area contributed by atoms with Crippen LogP contribution in [0.2, 0.25) is 5.02 Å². The van der Waals surface area contributed by atoms with E-state index in [2.05, 4.69) is 22.4 Å². The first-order chi connectivity index (χ1) is 14.1. The Morgan fingerprint density at radius 1 is 1.17 bits per heavy atom. The number of aliphatic hydroxyl groups excluding tert-OH is 1. The van der Waals surface area contributed by atoms with Gasteiger partial charge in [0.15, 0.2) is 6.29 Å². The molecule has 1 aromatic heterocycles. The number of nitrogens with one attached hydrogen (secondary N) is 1. The van der Waals surface area contributed by atoms with Crippen molar-refractivity contribution in [3.05, 3.63) is 82.6 Å². The lowest BCUT2D eigenvalue weighted by Crippen LogP contribution is -2.19. The minimum atomic E-state index is -1.52. The largest absolute Gasteiger partial charge is 0.456 e. The van der Waals surface area contributed by atoms with E-state index >= 15 is 0 Å². The van der Waals surface area contributed by atoms with E-state index < -0.39 is 6.29 Å². The second kappa shape index (κ2) is 8.82. The molecule has 0 saturated heterocycles. The molecule has 3 aromatic rings. The lowest BCUT2D eigenvalue weighted by molar-refractivity contribution is -0.0419. The van der Waals surface area contributed by atoms with Crippen molar-refractivity contribution in [3.63, 3.8) is 0 Å². The van der Waals surface area contributed by atoms with Gasteiger partial charge in [-0.15, -0.1) is 0 Å². The SMILES string of the molecule is OC(O)c1ccncc1NCC1CCCc2cc(Oc3ccccc3Cl)ccc21. The van der Waals surface area contributed by atoms with Gasteiger partial charge in [0.2, 0.25) is 0 Å². The molecule has 6 heteroatoms. The van der Waals surface area contributed by atoms with Crippen LogP contribution in [-0.4, -0.2) is 21.7 Å². The van der Waals surface area contributed by atoms with Crippen molar-refractivity contribution in [2.75, 3.05) is 11.9 Å². The molecule has 0 spiro atoms. The van der Waals surface area contributed by atoms with Gasteiger partial charge in [-0.1, -0.05) is 29.8 Å². The van der Waals surface area contributed by atoms with E-state index in [1.807, 2.05) is 30.3 Å². The summed E-state index contributed by atoms with van der Waals surface area (Å²) in [6.07, 6.45) is 4.83. The zero-order valence-corrected chi connectivity index (χ0v) is 16.6. The monoisotopic (exact) mass is 410 g/mol. The number of para-hydroxylation sites is 1. The molecule has 3 N–H and O–H groups in total. The Hall–Kier alpha value is -2.60. The fraction of sp³-hybridized carbons (Fsp3) is 0.261. The van der Waals surface area contributed by atoms with Gasteiger partial charge in [-0.3, -0.25) is 4.98 Å². The fourth-order valence-electron chi connectivity index (χ4n) is 3.83. The molecule has 4 rings (SSSR count). The molecule has 1 aliphatic rings. The van der Waals surface area contributed by atoms with Crippen molar-refractivity contribution in [2.24, 2.45) is 0 Å². The fourth-order valence-corrected chi connectivity index (χ4v) is 4.01. The minimum absolute atomic E-state index is 0.331. The van der Waals surface area contributed by atoms with E-state index in [4.69, 9.17) is 16.3 Å². The summed E-state index contributed by atoms with van der Waals surface area (Å²) in [6.45, 7) is 0.698. The van der Waals surface area contributed by atoms with E-state index in [9.17, 15) is 10.2 Å². The number of aryl methyl sites for hydroxylation is 1. The smallest absolute Gasteiger partial charge is 0.180 e. The van der Waals surface area contributed by atoms with Gasteiger partial charge in [0.05, 0.1) is 16.9 Å². The number of pyridine rings is 1. The molecule has 0 amide bonds. The second-order valence-corrected chi connectivity index (χ2v) is 7.61. The van der Waals surface area contributed by atoms with Crippen LogP contribution in [0.15, 0.2) is 60.9 Å². The molecule has 1 unspecified atom stereocenters. The van der Waals surface area contributed by atoms with E-state index in [0.29, 0.717) is 34.5 Å². The zero-order valence-electron chi connectivity index (χ0n) is 15.9. The number of halogens is 1. The van der Waals surface area contributed by atoms with E-state index in [0.717, 1.165) is 25.0 Å². The van der Waals surface area contributed by atoms with E-state index in [1.54, 1.807) is 18.5 Å². The molecule has 150 valence electrons. The first kappa shape index (κ1) is 19.7. The minimum Gasteiger partial charge on any atom is -0.456 e. The number of aromatic nitrogens is 1. The highest BCUT2D eigenvalue weighted by Crippen LogP contribution is 2.36. The van der Waals surface area contributed by atoms with Crippen LogP contribution in [0.1, 0.15) is 41.7 Å². The number of benzene rings is 2. The summed E-state index contributed by atoms with van der Waals surface area (Å²) in [6, 6.07) is 15.3. The predicted octanol–water partition coefficient (Wildman–Crippen LogP) is 5.04. The Morgan fingerprint density at radius 3 is 2.86 bits per heavy atom. The standard InChI is InChI=1S/C23H23ClN2O3/c24-20-6-1-2-7-22(20)29-17-8-9-18-15(12-17)4-3-5-16(18)13-26-21-14-25-11-10-19(21)23(27)28/h1-2,6-12,14,16,23,26-28H,3-5,13H2. The van der Waals surface area contributed by atoms with Crippen molar-refractivity contribution < 1.29 is 14.9 Å². The lowest BCUT2D eigenvalue weighted by Gasteiger charge is -2.27. The third kappa shape index (κ3) is 4.53. The molecule has 1 atom stereocenters. The molecule has 0 radical (unpaired) electrons. The second-order valence-electron chi connectivity index (χ2n) is 7.20. The Balaban J connectivity index is 1.50. The maximum Gasteiger partial charge on any atom is 0.180 e. The van der Waals surface area contributed by atoms with Crippen molar-refractivity contribution in [2.45, 2.75) is 31.5 Å². The molecule has 0 bridgehead atoms. The number of hydrogen-bond donors (Lipinski definition) is 3. The third-order valence-electron chi connectivity index (χ3n) is 5.29. The van der Waals surface area contributed by atoms with Crippen molar-refractivity contribution in [3.8, 4) is 11.5 Å². The van der Waals surface area contributed by atoms with Gasteiger partial charge in [0.25, 0.3) is 0 Å². The van der Waals surface area contributed by atoms with Crippen LogP contribution in [0.4, 0.5) is 5.69 Å². The van der Waals surface area contributed by atoms with Crippen LogP contribution in [0.5, 0.6) is 11.5 Å². The maximum atomic E-state index is 9.53. The summed E-state index contributed by atoms with van der Waals surface area (Å²) in [5.41, 5.74) is 3.65. The summed E-state index contributed by atoms with van der Waals surface area (Å²) in [4.78, 5) is 4.08. The first-order valence-corrected chi connectivity index (χ1v) is 10.1. The van der Waals surface area contributed by atoms with Crippen molar-refractivity contribution >= 4 is 17.3 Å². The molecular formula is C23H23ClN2O3. The van der Waals surface area contributed by atoms with Crippen molar-refractivity contribution in [1.82, 2.24) is 4.98 Å². The highest BCUT2D eigenvalue weighted by Gasteiger charge is 2.21. The first-order valence-electron chi connectivity index (χ1n) is 9.71. The number of ether oxygens (including phenoxy) is 1. The third-order valence-corrected chi connectivity index (χ3v) is 5.60. The highest BCUT2D eigenvalue weighted by molar-refractivity contribution is 6.32. The van der Waals surface area contributed by atoms with Gasteiger partial charge in [-0.25, -0.2) is 0 Å². The molecular weight excluding hydrogens is 388 g/mol. The Labute approximate surface area is 175 Å². The highest BCUT2D eigenvalue weighted by atomic mass is 35.5. The molecule has 0 aliphatic heterocycles. The molecule has 1 aliphatic carbocycles. The average Bonchev–Trinajstić information content (AvgIpc) is 2.74. The Bertz CT molecular complexity index is 993. The van der Waals surface area contributed by atoms with Crippen molar-refractivity contribution in [1.29, 1.82) is 0 Å². The van der Waals surface area contributed by atoms with Crippen LogP contribution in [0.3, 0.4) is 0 Å². The van der Waals surface area contributed by atoms with Gasteiger partial charge in [0.1, 0.15) is 11.5 Å². The molecule has 1 heterocycles. The number of hydrogen-bond acceptors (Lipinski definition) is 5. The number of rotatable bonds is 6. The molecule has 29 heavy (non-hydrogen) atoms. The van der Waals surface area contributed by atoms with Crippen LogP contribution in [-0.2, 0) is 6.42 Å². The van der Waals surface area contributed by atoms with Crippen LogP contribution >= 0.6 is 11.6 Å². The predicted molar refractivity (Wildman–Crippen MR) is 114 cm³/mol. The Kier molecular flexibility index (Phi) is 6.00. The normalized spacial score (nSPS) is 15.8. The molecule has 5 nitrogen and oxygen atoms in total. The average molecular weight is 411 g/mol. The number of nitrogens with zero attached hydrogens (tertiary/aromatic N) is 1. The lowest BCUT2D eigenvalue weighted by atomic mass is 9.82. The van der Waals surface area contributed by atoms with Gasteiger partial charge in [-0.2, -0.15) is 0 Å². The Morgan fingerprint density at radius 2 is 2.03 bits per heavy atom. The molecule has 0 fully saturated rings.